The van der Waals surface area contributed by atoms with Crippen molar-refractivity contribution in [1.29, 1.82) is 0 Å². The van der Waals surface area contributed by atoms with Gasteiger partial charge in [-0.2, -0.15) is 0 Å². The van der Waals surface area contributed by atoms with E-state index in [1.165, 1.54) is 25.1 Å². The van der Waals surface area contributed by atoms with Gasteiger partial charge in [-0.05, 0) is 25.5 Å². The molecule has 0 spiro atoms. The Morgan fingerprint density at radius 1 is 1.41 bits per heavy atom. The van der Waals surface area contributed by atoms with Crippen LogP contribution in [0.25, 0.3) is 0 Å². The van der Waals surface area contributed by atoms with Gasteiger partial charge in [0.05, 0.1) is 5.60 Å². The van der Waals surface area contributed by atoms with Gasteiger partial charge < -0.3 is 5.11 Å². The van der Waals surface area contributed by atoms with Gasteiger partial charge in [0.25, 0.3) is 0 Å². The minimum Gasteiger partial charge on any atom is -0.389 e. The number of benzene rings is 1. The summed E-state index contributed by atoms with van der Waals surface area (Å²) < 4.78 is 39.0. The third-order valence-corrected chi connectivity index (χ3v) is 3.97. The second-order valence-corrected chi connectivity index (χ2v) is 5.84. The molecule has 0 saturated heterocycles. The average molecular weight is 261 g/mol. The Morgan fingerprint density at radius 2 is 2.00 bits per heavy atom. The van der Waals surface area contributed by atoms with Crippen LogP contribution >= 0.6 is 0 Å². The van der Waals surface area contributed by atoms with Crippen LogP contribution in [0.2, 0.25) is 0 Å². The molecule has 1 unspecified atom stereocenters. The van der Waals surface area contributed by atoms with Crippen LogP contribution in [0.15, 0.2) is 29.2 Å². The smallest absolute Gasteiger partial charge is 0.243 e. The highest BCUT2D eigenvalue weighted by atomic mass is 32.2. The average Bonchev–Trinajstić information content (AvgIpc) is 2.27. The Morgan fingerprint density at radius 3 is 2.53 bits per heavy atom. The third kappa shape index (κ3) is 3.76. The van der Waals surface area contributed by atoms with E-state index in [2.05, 4.69) is 4.72 Å². The van der Waals surface area contributed by atoms with E-state index in [1.54, 1.807) is 6.92 Å². The minimum absolute atomic E-state index is 0.153. The molecule has 0 heterocycles. The fourth-order valence-electron chi connectivity index (χ4n) is 1.12. The van der Waals surface area contributed by atoms with E-state index in [9.17, 15) is 17.9 Å². The van der Waals surface area contributed by atoms with Gasteiger partial charge in [0.1, 0.15) is 10.7 Å². The van der Waals surface area contributed by atoms with Gasteiger partial charge in [-0.1, -0.05) is 19.1 Å². The minimum atomic E-state index is -3.92. The maximum Gasteiger partial charge on any atom is 0.243 e. The molecule has 0 aliphatic carbocycles. The van der Waals surface area contributed by atoms with E-state index in [1.807, 2.05) is 0 Å². The SMILES string of the molecule is CCC(C)(O)CNS(=O)(=O)c1ccccc1F. The molecule has 0 aliphatic rings. The lowest BCUT2D eigenvalue weighted by Crippen LogP contribution is -2.40. The number of rotatable bonds is 5. The Balaban J connectivity index is 2.88. The van der Waals surface area contributed by atoms with Crippen molar-refractivity contribution in [2.45, 2.75) is 30.8 Å². The summed E-state index contributed by atoms with van der Waals surface area (Å²) in [5, 5.41) is 9.68. The van der Waals surface area contributed by atoms with Crippen LogP contribution < -0.4 is 4.72 Å². The van der Waals surface area contributed by atoms with Gasteiger partial charge in [0.2, 0.25) is 10.0 Å². The number of halogens is 1. The van der Waals surface area contributed by atoms with Crippen LogP contribution in [-0.2, 0) is 10.0 Å². The quantitative estimate of drug-likeness (QED) is 0.838. The highest BCUT2D eigenvalue weighted by molar-refractivity contribution is 7.89. The molecule has 1 rings (SSSR count). The predicted octanol–water partition coefficient (Wildman–Crippen LogP) is 1.26. The van der Waals surface area contributed by atoms with E-state index in [4.69, 9.17) is 0 Å². The molecule has 0 aromatic heterocycles. The summed E-state index contributed by atoms with van der Waals surface area (Å²) in [6.07, 6.45) is 0.396. The van der Waals surface area contributed by atoms with Gasteiger partial charge >= 0.3 is 0 Å². The summed E-state index contributed by atoms with van der Waals surface area (Å²) in [7, 11) is -3.92. The zero-order valence-corrected chi connectivity index (χ0v) is 10.6. The van der Waals surface area contributed by atoms with Crippen molar-refractivity contribution in [3.05, 3.63) is 30.1 Å². The Hall–Kier alpha value is -0.980. The van der Waals surface area contributed by atoms with E-state index >= 15 is 0 Å². The van der Waals surface area contributed by atoms with Crippen molar-refractivity contribution in [3.8, 4) is 0 Å². The van der Waals surface area contributed by atoms with Crippen LogP contribution in [0.4, 0.5) is 4.39 Å². The van der Waals surface area contributed by atoms with Crippen molar-refractivity contribution >= 4 is 10.0 Å². The standard InChI is InChI=1S/C11H16FNO3S/c1-3-11(2,14)8-13-17(15,16)10-7-5-4-6-9(10)12/h4-7,13-14H,3,8H2,1-2H3. The Kier molecular flexibility index (Phi) is 4.24. The molecule has 0 fully saturated rings. The van der Waals surface area contributed by atoms with E-state index in [0.29, 0.717) is 6.42 Å². The molecule has 6 heteroatoms. The largest absolute Gasteiger partial charge is 0.389 e. The number of sulfonamides is 1. The van der Waals surface area contributed by atoms with Crippen molar-refractivity contribution in [2.75, 3.05) is 6.54 Å². The number of nitrogens with one attached hydrogen (secondary N) is 1. The highest BCUT2D eigenvalue weighted by Crippen LogP contribution is 2.14. The molecule has 1 aromatic rings. The van der Waals surface area contributed by atoms with Gasteiger partial charge in [0, 0.05) is 6.54 Å². The van der Waals surface area contributed by atoms with Gasteiger partial charge in [0.15, 0.2) is 0 Å². The first-order chi connectivity index (χ1) is 7.78. The molecule has 1 atom stereocenters. The molecule has 0 amide bonds. The van der Waals surface area contributed by atoms with Crippen LogP contribution in [-0.4, -0.2) is 25.7 Å². The molecule has 2 N–H and O–H groups in total. The molecular formula is C11H16FNO3S. The summed E-state index contributed by atoms with van der Waals surface area (Å²) in [4.78, 5) is -0.410. The van der Waals surface area contributed by atoms with Crippen molar-refractivity contribution < 1.29 is 17.9 Å². The van der Waals surface area contributed by atoms with Crippen LogP contribution in [0.1, 0.15) is 20.3 Å². The number of hydrogen-bond acceptors (Lipinski definition) is 3. The molecule has 0 aliphatic heterocycles. The molecule has 0 radical (unpaired) electrons. The maximum atomic E-state index is 13.3. The summed E-state index contributed by atoms with van der Waals surface area (Å²) >= 11 is 0. The monoisotopic (exact) mass is 261 g/mol. The zero-order chi connectivity index (χ0) is 13.1. The fourth-order valence-corrected chi connectivity index (χ4v) is 2.35. The highest BCUT2D eigenvalue weighted by Gasteiger charge is 2.24. The summed E-state index contributed by atoms with van der Waals surface area (Å²) in [6.45, 7) is 3.09. The third-order valence-electron chi connectivity index (χ3n) is 2.53. The molecular weight excluding hydrogens is 245 g/mol. The lowest BCUT2D eigenvalue weighted by atomic mass is 10.1. The first-order valence-electron chi connectivity index (χ1n) is 5.25. The van der Waals surface area contributed by atoms with Crippen LogP contribution in [0.3, 0.4) is 0 Å². The summed E-state index contributed by atoms with van der Waals surface area (Å²) in [5.74, 6) is -0.809. The molecule has 96 valence electrons. The topological polar surface area (TPSA) is 66.4 Å². The number of hydrogen-bond donors (Lipinski definition) is 2. The fraction of sp³-hybridized carbons (Fsp3) is 0.455. The Labute approximate surface area is 101 Å². The zero-order valence-electron chi connectivity index (χ0n) is 9.77. The first kappa shape index (κ1) is 14.1. The lowest BCUT2D eigenvalue weighted by molar-refractivity contribution is 0.0613. The number of aliphatic hydroxyl groups is 1. The molecule has 1 aromatic carbocycles. The van der Waals surface area contributed by atoms with Gasteiger partial charge in [-0.15, -0.1) is 0 Å². The maximum absolute atomic E-state index is 13.3. The van der Waals surface area contributed by atoms with E-state index in [-0.39, 0.29) is 6.54 Å². The normalized spacial score (nSPS) is 15.5. The van der Waals surface area contributed by atoms with Crippen LogP contribution in [0.5, 0.6) is 0 Å². The molecule has 0 saturated carbocycles. The van der Waals surface area contributed by atoms with E-state index in [0.717, 1.165) is 6.07 Å². The van der Waals surface area contributed by atoms with Gasteiger partial charge in [-0.3, -0.25) is 0 Å². The first-order valence-corrected chi connectivity index (χ1v) is 6.73. The second-order valence-electron chi connectivity index (χ2n) is 4.11. The van der Waals surface area contributed by atoms with E-state index < -0.39 is 26.3 Å². The summed E-state index contributed by atoms with van der Waals surface area (Å²) in [5.41, 5.74) is -1.14. The second kappa shape index (κ2) is 5.12. The van der Waals surface area contributed by atoms with Crippen molar-refractivity contribution in [3.63, 3.8) is 0 Å². The molecule has 17 heavy (non-hydrogen) atoms. The van der Waals surface area contributed by atoms with Crippen molar-refractivity contribution in [2.24, 2.45) is 0 Å². The molecule has 0 bridgehead atoms. The molecule has 4 nitrogen and oxygen atoms in total. The van der Waals surface area contributed by atoms with Gasteiger partial charge in [-0.25, -0.2) is 17.5 Å². The van der Waals surface area contributed by atoms with Crippen molar-refractivity contribution in [1.82, 2.24) is 4.72 Å². The predicted molar refractivity (Wildman–Crippen MR) is 62.5 cm³/mol. The van der Waals surface area contributed by atoms with Crippen LogP contribution in [0, 0.1) is 5.82 Å². The lowest BCUT2D eigenvalue weighted by Gasteiger charge is -2.21. The Bertz CT molecular complexity index is 485. The summed E-state index contributed by atoms with van der Waals surface area (Å²) in [6, 6.07) is 5.11.